The largest absolute Gasteiger partial charge is 0.494 e. The molecule has 0 unspecified atom stereocenters. The molecule has 0 bridgehead atoms. The summed E-state index contributed by atoms with van der Waals surface area (Å²) in [5.41, 5.74) is 2.68. The van der Waals surface area contributed by atoms with Crippen molar-refractivity contribution in [3.05, 3.63) is 65.2 Å². The topological polar surface area (TPSA) is 56.8 Å². The lowest BCUT2D eigenvalue weighted by molar-refractivity contribution is 0.340. The normalized spacial score (nSPS) is 10.5. The van der Waals surface area contributed by atoms with Gasteiger partial charge < -0.3 is 4.74 Å². The van der Waals surface area contributed by atoms with E-state index in [2.05, 4.69) is 12.1 Å². The van der Waals surface area contributed by atoms with Gasteiger partial charge in [-0.15, -0.1) is 0 Å². The molecule has 3 heteroatoms. The molecule has 21 heavy (non-hydrogen) atoms. The van der Waals surface area contributed by atoms with E-state index in [9.17, 15) is 5.26 Å². The van der Waals surface area contributed by atoms with Gasteiger partial charge in [-0.2, -0.15) is 10.5 Å². The number of ether oxygens (including phenoxy) is 1. The molecule has 0 N–H and O–H groups in total. The van der Waals surface area contributed by atoms with Gasteiger partial charge in [-0.25, -0.2) is 0 Å². The van der Waals surface area contributed by atoms with Gasteiger partial charge in [0.25, 0.3) is 0 Å². The molecule has 2 rings (SSSR count). The van der Waals surface area contributed by atoms with Crippen molar-refractivity contribution in [3.8, 4) is 17.9 Å². The van der Waals surface area contributed by atoms with E-state index in [1.165, 1.54) is 0 Å². The van der Waals surface area contributed by atoms with E-state index in [1.807, 2.05) is 37.3 Å². The minimum Gasteiger partial charge on any atom is -0.494 e. The summed E-state index contributed by atoms with van der Waals surface area (Å²) < 4.78 is 5.45. The number of allylic oxidation sites excluding steroid dienone is 1. The molecule has 3 nitrogen and oxygen atoms in total. The SMILES string of the molecule is CCOc1cccc(/C=C(/C#N)c2cccc(C#N)c2)c1. The second-order valence-electron chi connectivity index (χ2n) is 4.37. The van der Waals surface area contributed by atoms with E-state index >= 15 is 0 Å². The molecule has 0 atom stereocenters. The van der Waals surface area contributed by atoms with Crippen molar-refractivity contribution in [2.45, 2.75) is 6.92 Å². The molecule has 0 aromatic heterocycles. The molecule has 0 saturated carbocycles. The molecule has 0 spiro atoms. The van der Waals surface area contributed by atoms with Gasteiger partial charge in [0.15, 0.2) is 0 Å². The second kappa shape index (κ2) is 6.93. The zero-order valence-electron chi connectivity index (χ0n) is 11.7. The number of rotatable bonds is 4. The lowest BCUT2D eigenvalue weighted by Gasteiger charge is -2.04. The lowest BCUT2D eigenvalue weighted by atomic mass is 10.0. The molecule has 0 saturated heterocycles. The van der Waals surface area contributed by atoms with E-state index in [1.54, 1.807) is 24.3 Å². The van der Waals surface area contributed by atoms with Crippen LogP contribution in [-0.4, -0.2) is 6.61 Å². The number of nitrogens with zero attached hydrogens (tertiary/aromatic N) is 2. The van der Waals surface area contributed by atoms with Gasteiger partial charge in [0.1, 0.15) is 5.75 Å². The Morgan fingerprint density at radius 1 is 1.14 bits per heavy atom. The highest BCUT2D eigenvalue weighted by Gasteiger charge is 2.03. The zero-order valence-corrected chi connectivity index (χ0v) is 11.7. The predicted molar refractivity (Wildman–Crippen MR) is 82.3 cm³/mol. The third-order valence-electron chi connectivity index (χ3n) is 2.90. The molecule has 0 aliphatic rings. The first-order chi connectivity index (χ1) is 10.3. The maximum Gasteiger partial charge on any atom is 0.119 e. The molecule has 0 aliphatic carbocycles. The van der Waals surface area contributed by atoms with Crippen molar-refractivity contribution in [2.75, 3.05) is 6.61 Å². The van der Waals surface area contributed by atoms with Gasteiger partial charge in [0, 0.05) is 0 Å². The van der Waals surface area contributed by atoms with Crippen molar-refractivity contribution in [1.82, 2.24) is 0 Å². The van der Waals surface area contributed by atoms with Gasteiger partial charge in [-0.05, 0) is 48.4 Å². The highest BCUT2D eigenvalue weighted by Crippen LogP contribution is 2.21. The molecule has 0 fully saturated rings. The van der Waals surface area contributed by atoms with Crippen molar-refractivity contribution >= 4 is 11.6 Å². The van der Waals surface area contributed by atoms with Gasteiger partial charge >= 0.3 is 0 Å². The van der Waals surface area contributed by atoms with Crippen molar-refractivity contribution < 1.29 is 4.74 Å². The number of hydrogen-bond donors (Lipinski definition) is 0. The van der Waals surface area contributed by atoms with Crippen LogP contribution in [0.1, 0.15) is 23.6 Å². The Morgan fingerprint density at radius 3 is 2.67 bits per heavy atom. The maximum absolute atomic E-state index is 9.34. The summed E-state index contributed by atoms with van der Waals surface area (Å²) >= 11 is 0. The lowest BCUT2D eigenvalue weighted by Crippen LogP contribution is -1.91. The quantitative estimate of drug-likeness (QED) is 0.625. The first-order valence-electron chi connectivity index (χ1n) is 6.62. The second-order valence-corrected chi connectivity index (χ2v) is 4.37. The molecule has 2 aromatic carbocycles. The third-order valence-corrected chi connectivity index (χ3v) is 2.90. The van der Waals surface area contributed by atoms with Crippen LogP contribution < -0.4 is 4.74 Å². The van der Waals surface area contributed by atoms with E-state index in [4.69, 9.17) is 10.00 Å². The van der Waals surface area contributed by atoms with E-state index in [0.717, 1.165) is 16.9 Å². The van der Waals surface area contributed by atoms with Crippen molar-refractivity contribution in [1.29, 1.82) is 10.5 Å². The highest BCUT2D eigenvalue weighted by atomic mass is 16.5. The van der Waals surface area contributed by atoms with Crippen LogP contribution in [0, 0.1) is 22.7 Å². The summed E-state index contributed by atoms with van der Waals surface area (Å²) in [5, 5.41) is 18.3. The summed E-state index contributed by atoms with van der Waals surface area (Å²) in [6, 6.07) is 18.8. The van der Waals surface area contributed by atoms with Crippen molar-refractivity contribution in [2.24, 2.45) is 0 Å². The van der Waals surface area contributed by atoms with Crippen LogP contribution in [0.5, 0.6) is 5.75 Å². The molecule has 0 aliphatic heterocycles. The molecule has 0 radical (unpaired) electrons. The molecule has 2 aromatic rings. The third kappa shape index (κ3) is 3.72. The Kier molecular flexibility index (Phi) is 4.75. The van der Waals surface area contributed by atoms with Crippen LogP contribution in [0.3, 0.4) is 0 Å². The molecule has 0 heterocycles. The first-order valence-corrected chi connectivity index (χ1v) is 6.62. The number of hydrogen-bond acceptors (Lipinski definition) is 3. The van der Waals surface area contributed by atoms with E-state index < -0.39 is 0 Å². The summed E-state index contributed by atoms with van der Waals surface area (Å²) in [5.74, 6) is 0.773. The van der Waals surface area contributed by atoms with Crippen LogP contribution in [0.2, 0.25) is 0 Å². The number of benzene rings is 2. The molecule has 102 valence electrons. The molecular weight excluding hydrogens is 260 g/mol. The standard InChI is InChI=1S/C18H14N2O/c1-2-21-18-8-4-5-14(11-18)9-17(13-20)16-7-3-6-15(10-16)12-19/h3-11H,2H2,1H3/b17-9-. The fraction of sp³-hybridized carbons (Fsp3) is 0.111. The van der Waals surface area contributed by atoms with Gasteiger partial charge in [0.2, 0.25) is 0 Å². The van der Waals surface area contributed by atoms with Crippen LogP contribution in [0.4, 0.5) is 0 Å². The maximum atomic E-state index is 9.34. The average Bonchev–Trinajstić information content (AvgIpc) is 2.53. The Labute approximate surface area is 124 Å². The fourth-order valence-corrected chi connectivity index (χ4v) is 1.96. The summed E-state index contributed by atoms with van der Waals surface area (Å²) in [7, 11) is 0. The van der Waals surface area contributed by atoms with Crippen LogP contribution in [0.15, 0.2) is 48.5 Å². The Balaban J connectivity index is 2.39. The minimum absolute atomic E-state index is 0.515. The van der Waals surface area contributed by atoms with Crippen LogP contribution in [-0.2, 0) is 0 Å². The smallest absolute Gasteiger partial charge is 0.119 e. The summed E-state index contributed by atoms with van der Waals surface area (Å²) in [6.07, 6.45) is 1.79. The van der Waals surface area contributed by atoms with E-state index in [0.29, 0.717) is 17.7 Å². The molecular formula is C18H14N2O. The monoisotopic (exact) mass is 274 g/mol. The Hall–Kier alpha value is -3.04. The fourth-order valence-electron chi connectivity index (χ4n) is 1.96. The minimum atomic E-state index is 0.515. The molecule has 0 amide bonds. The van der Waals surface area contributed by atoms with E-state index in [-0.39, 0.29) is 0 Å². The van der Waals surface area contributed by atoms with Gasteiger partial charge in [-0.3, -0.25) is 0 Å². The highest BCUT2D eigenvalue weighted by molar-refractivity contribution is 5.90. The van der Waals surface area contributed by atoms with Gasteiger partial charge in [-0.1, -0.05) is 24.3 Å². The van der Waals surface area contributed by atoms with Crippen molar-refractivity contribution in [3.63, 3.8) is 0 Å². The summed E-state index contributed by atoms with van der Waals surface area (Å²) in [4.78, 5) is 0. The van der Waals surface area contributed by atoms with Crippen LogP contribution in [0.25, 0.3) is 11.6 Å². The Bertz CT molecular complexity index is 748. The van der Waals surface area contributed by atoms with Crippen LogP contribution >= 0.6 is 0 Å². The summed E-state index contributed by atoms with van der Waals surface area (Å²) in [6.45, 7) is 2.53. The Morgan fingerprint density at radius 2 is 1.95 bits per heavy atom. The predicted octanol–water partition coefficient (Wildman–Crippen LogP) is 4.02. The average molecular weight is 274 g/mol. The zero-order chi connectivity index (χ0) is 15.1. The number of nitriles is 2. The first kappa shape index (κ1) is 14.4. The van der Waals surface area contributed by atoms with Gasteiger partial charge in [0.05, 0.1) is 29.9 Å².